The Kier molecular flexibility index (Phi) is 5.40. The highest BCUT2D eigenvalue weighted by atomic mass is 19.1. The number of carbonyl (C=O) groups is 1. The summed E-state index contributed by atoms with van der Waals surface area (Å²) in [7, 11) is 0. The number of piperidine rings is 1. The van der Waals surface area contributed by atoms with Crippen LogP contribution < -0.4 is 5.32 Å². The Hall–Kier alpha value is -2.31. The van der Waals surface area contributed by atoms with E-state index in [9.17, 15) is 14.3 Å². The van der Waals surface area contributed by atoms with Gasteiger partial charge in [-0.25, -0.2) is 4.39 Å². The quantitative estimate of drug-likeness (QED) is 0.840. The van der Waals surface area contributed by atoms with E-state index < -0.39 is 5.60 Å². The molecule has 132 valence electrons. The first-order chi connectivity index (χ1) is 12.1. The third-order valence-corrected chi connectivity index (χ3v) is 4.46. The molecule has 1 aromatic heterocycles. The lowest BCUT2D eigenvalue weighted by atomic mass is 9.91. The van der Waals surface area contributed by atoms with E-state index in [-0.39, 0.29) is 18.3 Å². The molecule has 1 saturated heterocycles. The van der Waals surface area contributed by atoms with Gasteiger partial charge in [-0.1, -0.05) is 18.2 Å². The van der Waals surface area contributed by atoms with E-state index in [1.165, 1.54) is 12.1 Å². The maximum atomic E-state index is 13.0. The number of aromatic nitrogens is 1. The average Bonchev–Trinajstić information content (AvgIpc) is 2.62. The van der Waals surface area contributed by atoms with Gasteiger partial charge in [0.25, 0.3) is 5.91 Å². The second-order valence-corrected chi connectivity index (χ2v) is 6.45. The molecule has 1 amide bonds. The number of benzene rings is 1. The van der Waals surface area contributed by atoms with Gasteiger partial charge in [0, 0.05) is 38.6 Å². The van der Waals surface area contributed by atoms with Crippen LogP contribution in [-0.2, 0) is 17.9 Å². The Morgan fingerprint density at radius 3 is 2.76 bits per heavy atom. The Bertz CT molecular complexity index is 708. The molecule has 25 heavy (non-hydrogen) atoms. The zero-order chi connectivity index (χ0) is 17.7. The van der Waals surface area contributed by atoms with Crippen LogP contribution in [0, 0.1) is 5.82 Å². The number of hydrogen-bond donors (Lipinski definition) is 2. The van der Waals surface area contributed by atoms with Gasteiger partial charge < -0.3 is 15.3 Å². The highest BCUT2D eigenvalue weighted by Gasteiger charge is 2.41. The van der Waals surface area contributed by atoms with E-state index >= 15 is 0 Å². The predicted molar refractivity (Wildman–Crippen MR) is 91.9 cm³/mol. The number of nitrogens with zero attached hydrogens (tertiary/aromatic N) is 2. The summed E-state index contributed by atoms with van der Waals surface area (Å²) in [6.45, 7) is 1.72. The van der Waals surface area contributed by atoms with Crippen LogP contribution in [0.2, 0.25) is 0 Å². The van der Waals surface area contributed by atoms with Crippen molar-refractivity contribution in [1.29, 1.82) is 0 Å². The van der Waals surface area contributed by atoms with Gasteiger partial charge in [-0.3, -0.25) is 9.78 Å². The van der Waals surface area contributed by atoms with Crippen LogP contribution in [0.1, 0.15) is 24.0 Å². The zero-order valence-corrected chi connectivity index (χ0v) is 14.0. The van der Waals surface area contributed by atoms with Crippen LogP contribution >= 0.6 is 0 Å². The van der Waals surface area contributed by atoms with Crippen molar-refractivity contribution in [2.45, 2.75) is 31.5 Å². The molecule has 2 heterocycles. The van der Waals surface area contributed by atoms with Gasteiger partial charge in [0.05, 0.1) is 0 Å². The molecule has 1 atom stereocenters. The fourth-order valence-corrected chi connectivity index (χ4v) is 3.11. The summed E-state index contributed by atoms with van der Waals surface area (Å²) in [4.78, 5) is 18.4. The number of hydrogen-bond acceptors (Lipinski definition) is 4. The monoisotopic (exact) mass is 343 g/mol. The van der Waals surface area contributed by atoms with E-state index in [0.29, 0.717) is 26.1 Å². The first-order valence-corrected chi connectivity index (χ1v) is 8.43. The van der Waals surface area contributed by atoms with Crippen molar-refractivity contribution in [2.24, 2.45) is 0 Å². The summed E-state index contributed by atoms with van der Waals surface area (Å²) in [5.41, 5.74) is 0.445. The van der Waals surface area contributed by atoms with Crippen molar-refractivity contribution in [2.75, 3.05) is 13.1 Å². The Labute approximate surface area is 146 Å². The molecular formula is C19H22FN3O2. The summed E-state index contributed by atoms with van der Waals surface area (Å²) in [6, 6.07) is 9.88. The second-order valence-electron chi connectivity index (χ2n) is 6.45. The van der Waals surface area contributed by atoms with Gasteiger partial charge in [-0.05, 0) is 42.2 Å². The van der Waals surface area contributed by atoms with Crippen molar-refractivity contribution >= 4 is 5.91 Å². The minimum Gasteiger partial charge on any atom is -0.379 e. The molecule has 0 aliphatic carbocycles. The van der Waals surface area contributed by atoms with Gasteiger partial charge in [0.15, 0.2) is 5.60 Å². The number of likely N-dealkylation sites (tertiary alicyclic amines) is 1. The molecule has 1 fully saturated rings. The number of amides is 1. The average molecular weight is 343 g/mol. The lowest BCUT2D eigenvalue weighted by Gasteiger charge is -2.38. The van der Waals surface area contributed by atoms with Gasteiger partial charge in [-0.2, -0.15) is 0 Å². The first-order valence-electron chi connectivity index (χ1n) is 8.43. The van der Waals surface area contributed by atoms with E-state index in [2.05, 4.69) is 10.3 Å². The number of rotatable bonds is 6. The van der Waals surface area contributed by atoms with Gasteiger partial charge in [0.1, 0.15) is 5.82 Å². The van der Waals surface area contributed by atoms with Crippen LogP contribution in [0.5, 0.6) is 0 Å². The lowest BCUT2D eigenvalue weighted by Crippen LogP contribution is -2.57. The highest BCUT2D eigenvalue weighted by molar-refractivity contribution is 5.86. The zero-order valence-electron chi connectivity index (χ0n) is 14.0. The minimum atomic E-state index is -1.40. The van der Waals surface area contributed by atoms with Gasteiger partial charge >= 0.3 is 0 Å². The molecule has 0 bridgehead atoms. The summed E-state index contributed by atoms with van der Waals surface area (Å²) in [5.74, 6) is -0.577. The summed E-state index contributed by atoms with van der Waals surface area (Å²) < 4.78 is 13.0. The molecule has 2 aromatic rings. The van der Waals surface area contributed by atoms with E-state index in [1.54, 1.807) is 29.4 Å². The summed E-state index contributed by atoms with van der Waals surface area (Å²) in [6.07, 6.45) is 4.62. The van der Waals surface area contributed by atoms with Gasteiger partial charge in [-0.15, -0.1) is 0 Å². The van der Waals surface area contributed by atoms with Crippen LogP contribution in [-0.4, -0.2) is 39.6 Å². The maximum absolute atomic E-state index is 13.0. The number of aliphatic hydroxyl groups is 1. The molecule has 1 aliphatic rings. The SMILES string of the molecule is O=C1N(Cc2ccc(F)cc2)CCC[C@]1(O)CNCc1cccnc1. The smallest absolute Gasteiger partial charge is 0.256 e. The van der Waals surface area contributed by atoms with Crippen molar-refractivity contribution in [3.63, 3.8) is 0 Å². The molecule has 3 rings (SSSR count). The largest absolute Gasteiger partial charge is 0.379 e. The molecule has 5 nitrogen and oxygen atoms in total. The lowest BCUT2D eigenvalue weighted by molar-refractivity contribution is -0.157. The van der Waals surface area contributed by atoms with Crippen LogP contribution in [0.4, 0.5) is 4.39 Å². The van der Waals surface area contributed by atoms with E-state index in [1.807, 2.05) is 12.1 Å². The fourth-order valence-electron chi connectivity index (χ4n) is 3.11. The summed E-state index contributed by atoms with van der Waals surface area (Å²) >= 11 is 0. The number of pyridine rings is 1. The second kappa shape index (κ2) is 7.72. The number of carbonyl (C=O) groups excluding carboxylic acids is 1. The number of halogens is 1. The standard InChI is InChI=1S/C19H22FN3O2/c20-17-6-4-15(5-7-17)13-23-10-2-8-19(25,18(23)24)14-22-12-16-3-1-9-21-11-16/h1,3-7,9,11,22,25H,2,8,10,12-14H2/t19-/m0/s1. The number of nitrogens with one attached hydrogen (secondary N) is 1. The molecule has 6 heteroatoms. The molecule has 0 spiro atoms. The van der Waals surface area contributed by atoms with E-state index in [0.717, 1.165) is 17.5 Å². The molecule has 1 aromatic carbocycles. The third kappa shape index (κ3) is 4.41. The minimum absolute atomic E-state index is 0.195. The van der Waals surface area contributed by atoms with Gasteiger partial charge in [0.2, 0.25) is 0 Å². The van der Waals surface area contributed by atoms with Crippen molar-refractivity contribution < 1.29 is 14.3 Å². The molecule has 0 saturated carbocycles. The third-order valence-electron chi connectivity index (χ3n) is 4.46. The van der Waals surface area contributed by atoms with Crippen molar-refractivity contribution in [3.05, 3.63) is 65.7 Å². The normalized spacial score (nSPS) is 20.7. The van der Waals surface area contributed by atoms with Crippen molar-refractivity contribution in [1.82, 2.24) is 15.2 Å². The topological polar surface area (TPSA) is 65.5 Å². The molecule has 1 aliphatic heterocycles. The molecule has 0 unspecified atom stereocenters. The Morgan fingerprint density at radius 1 is 1.24 bits per heavy atom. The van der Waals surface area contributed by atoms with Crippen LogP contribution in [0.15, 0.2) is 48.8 Å². The van der Waals surface area contributed by atoms with Crippen LogP contribution in [0.3, 0.4) is 0 Å². The fraction of sp³-hybridized carbons (Fsp3) is 0.368. The maximum Gasteiger partial charge on any atom is 0.256 e. The highest BCUT2D eigenvalue weighted by Crippen LogP contribution is 2.24. The van der Waals surface area contributed by atoms with E-state index in [4.69, 9.17) is 0 Å². The first kappa shape index (κ1) is 17.5. The van der Waals surface area contributed by atoms with Crippen LogP contribution in [0.25, 0.3) is 0 Å². The molecule has 2 N–H and O–H groups in total. The Morgan fingerprint density at radius 2 is 2.04 bits per heavy atom. The predicted octanol–water partition coefficient (Wildman–Crippen LogP) is 1.86. The molecule has 0 radical (unpaired) electrons. The summed E-state index contributed by atoms with van der Waals surface area (Å²) in [5, 5.41) is 13.9. The Balaban J connectivity index is 1.59. The molecular weight excluding hydrogens is 321 g/mol. The van der Waals surface area contributed by atoms with Crippen molar-refractivity contribution in [3.8, 4) is 0 Å².